The Kier molecular flexibility index (Phi) is 9.32. The van der Waals surface area contributed by atoms with E-state index in [9.17, 15) is 14.0 Å². The van der Waals surface area contributed by atoms with Gasteiger partial charge in [0.1, 0.15) is 29.7 Å². The molecule has 11 nitrogen and oxygen atoms in total. The average molecular weight is 646 g/mol. The number of carbonyl (C=O) groups is 2. The van der Waals surface area contributed by atoms with Crippen LogP contribution in [0.4, 0.5) is 10.2 Å². The largest absolute Gasteiger partial charge is 0.490 e. The molecule has 1 spiro atoms. The number of hydrogen-bond acceptors (Lipinski definition) is 9. The van der Waals surface area contributed by atoms with Crippen LogP contribution in [0.25, 0.3) is 0 Å². The number of rotatable bonds is 11. The number of amides is 2. The molecular weight excluding hydrogens is 601 g/mol. The number of halogens is 1. The Bertz CT molecular complexity index is 1620. The van der Waals surface area contributed by atoms with E-state index in [4.69, 9.17) is 9.47 Å². The normalized spacial score (nSPS) is 18.3. The standard InChI is InChI=1S/C35H44FN7O4/c1-6-43(22(2)3)34(45)25-15-23(36)7-9-28(25)47-30-18-37-21-40-33(30)42-19-35(20-42)16-24(17-35)46-29-12-14-39-27-11-13-38-26(32(27)29)8-10-31(44)41(4)5/h7,9,12,14-15,18,21-22,24,26,38H,6,8,10-11,13,16-17,19-20H2,1-5H3. The maximum absolute atomic E-state index is 14.3. The maximum atomic E-state index is 14.3. The third-order valence-electron chi connectivity index (χ3n) is 9.52. The molecule has 1 atom stereocenters. The van der Waals surface area contributed by atoms with Crippen LogP contribution in [0.1, 0.15) is 74.1 Å². The third kappa shape index (κ3) is 6.74. The highest BCUT2D eigenvalue weighted by Gasteiger charge is 2.54. The van der Waals surface area contributed by atoms with Crippen LogP contribution in [0.3, 0.4) is 0 Å². The fourth-order valence-electron chi connectivity index (χ4n) is 7.11. The van der Waals surface area contributed by atoms with Crippen molar-refractivity contribution in [2.24, 2.45) is 5.41 Å². The lowest BCUT2D eigenvalue weighted by atomic mass is 9.61. The topological polar surface area (TPSA) is 113 Å². The summed E-state index contributed by atoms with van der Waals surface area (Å²) in [5.74, 6) is 1.48. The number of nitrogens with one attached hydrogen (secondary N) is 1. The second-order valence-corrected chi connectivity index (χ2v) is 13.4. The van der Waals surface area contributed by atoms with Crippen molar-refractivity contribution in [3.63, 3.8) is 0 Å². The molecule has 1 saturated heterocycles. The minimum Gasteiger partial charge on any atom is -0.490 e. The Morgan fingerprint density at radius 2 is 1.91 bits per heavy atom. The van der Waals surface area contributed by atoms with Crippen LogP contribution >= 0.6 is 0 Å². The van der Waals surface area contributed by atoms with Crippen molar-refractivity contribution in [2.75, 3.05) is 45.2 Å². The number of nitrogens with zero attached hydrogens (tertiary/aromatic N) is 6. The van der Waals surface area contributed by atoms with Gasteiger partial charge in [0.2, 0.25) is 5.91 Å². The lowest BCUT2D eigenvalue weighted by Gasteiger charge is -2.59. The quantitative estimate of drug-likeness (QED) is 0.315. The summed E-state index contributed by atoms with van der Waals surface area (Å²) in [5, 5.41) is 3.57. The highest BCUT2D eigenvalue weighted by Crippen LogP contribution is 2.52. The van der Waals surface area contributed by atoms with Gasteiger partial charge in [-0.25, -0.2) is 14.4 Å². The average Bonchev–Trinajstić information content (AvgIpc) is 3.01. The van der Waals surface area contributed by atoms with Crippen molar-refractivity contribution >= 4 is 17.6 Å². The third-order valence-corrected chi connectivity index (χ3v) is 9.52. The van der Waals surface area contributed by atoms with Gasteiger partial charge in [0, 0.05) is 82.4 Å². The second-order valence-electron chi connectivity index (χ2n) is 13.4. The minimum atomic E-state index is -0.505. The molecule has 2 aromatic heterocycles. The number of ether oxygens (including phenoxy) is 2. The van der Waals surface area contributed by atoms with Crippen LogP contribution in [-0.2, 0) is 11.2 Å². The Labute approximate surface area is 275 Å². The first-order valence-corrected chi connectivity index (χ1v) is 16.5. The number of aromatic nitrogens is 3. The molecule has 2 amide bonds. The molecule has 1 saturated carbocycles. The fourth-order valence-corrected chi connectivity index (χ4v) is 7.11. The molecule has 1 aliphatic carbocycles. The highest BCUT2D eigenvalue weighted by molar-refractivity contribution is 5.97. The number of benzene rings is 1. The van der Waals surface area contributed by atoms with E-state index in [-0.39, 0.29) is 46.7 Å². The number of anilines is 1. The monoisotopic (exact) mass is 645 g/mol. The summed E-state index contributed by atoms with van der Waals surface area (Å²) >= 11 is 0. The van der Waals surface area contributed by atoms with E-state index in [0.29, 0.717) is 31.0 Å². The van der Waals surface area contributed by atoms with Crippen LogP contribution in [0, 0.1) is 11.2 Å². The van der Waals surface area contributed by atoms with Gasteiger partial charge in [-0.15, -0.1) is 0 Å². The molecular formula is C35H44FN7O4. The maximum Gasteiger partial charge on any atom is 0.257 e. The van der Waals surface area contributed by atoms with E-state index < -0.39 is 5.82 Å². The molecule has 12 heteroatoms. The van der Waals surface area contributed by atoms with Crippen molar-refractivity contribution in [1.82, 2.24) is 30.1 Å². The van der Waals surface area contributed by atoms with E-state index >= 15 is 0 Å². The number of pyridine rings is 1. The molecule has 3 aromatic rings. The molecule has 2 fully saturated rings. The minimum absolute atomic E-state index is 0.0307. The molecule has 47 heavy (non-hydrogen) atoms. The van der Waals surface area contributed by atoms with Gasteiger partial charge >= 0.3 is 0 Å². The van der Waals surface area contributed by atoms with Gasteiger partial charge in [-0.3, -0.25) is 14.6 Å². The predicted molar refractivity (Wildman–Crippen MR) is 175 cm³/mol. The summed E-state index contributed by atoms with van der Waals surface area (Å²) in [4.78, 5) is 44.4. The Morgan fingerprint density at radius 3 is 2.64 bits per heavy atom. The fraction of sp³-hybridized carbons (Fsp3) is 0.514. The first kappa shape index (κ1) is 32.6. The van der Waals surface area contributed by atoms with Crippen LogP contribution in [0.5, 0.6) is 17.2 Å². The summed E-state index contributed by atoms with van der Waals surface area (Å²) in [6, 6.07) is 5.92. The zero-order valence-corrected chi connectivity index (χ0v) is 27.8. The van der Waals surface area contributed by atoms with E-state index in [1.807, 2.05) is 33.0 Å². The van der Waals surface area contributed by atoms with Crippen molar-refractivity contribution in [2.45, 2.75) is 71.1 Å². The van der Waals surface area contributed by atoms with Crippen LogP contribution in [0.2, 0.25) is 0 Å². The molecule has 0 bridgehead atoms. The van der Waals surface area contributed by atoms with Gasteiger partial charge in [-0.05, 0) is 64.3 Å². The van der Waals surface area contributed by atoms with E-state index in [1.165, 1.54) is 24.5 Å². The lowest BCUT2D eigenvalue weighted by Crippen LogP contribution is -2.65. The van der Waals surface area contributed by atoms with Crippen LogP contribution in [0.15, 0.2) is 43.0 Å². The Balaban J connectivity index is 1.10. The van der Waals surface area contributed by atoms with E-state index in [0.717, 1.165) is 55.9 Å². The highest BCUT2D eigenvalue weighted by atomic mass is 19.1. The van der Waals surface area contributed by atoms with Crippen molar-refractivity contribution in [3.05, 3.63) is 65.6 Å². The van der Waals surface area contributed by atoms with Crippen LogP contribution in [-0.4, -0.2) is 89.0 Å². The van der Waals surface area contributed by atoms with E-state index in [2.05, 4.69) is 25.2 Å². The number of fused-ring (bicyclic) bond motifs is 1. The summed E-state index contributed by atoms with van der Waals surface area (Å²) < 4.78 is 27.1. The first-order valence-electron chi connectivity index (χ1n) is 16.5. The van der Waals surface area contributed by atoms with Crippen molar-refractivity contribution < 1.29 is 23.5 Å². The zero-order valence-electron chi connectivity index (χ0n) is 27.8. The SMILES string of the molecule is CCN(C(=O)c1cc(F)ccc1Oc1cncnc1N1CC2(CC(Oc3ccnc4c3C(CCC(=O)N(C)C)NCC4)C2)C1)C(C)C. The Hall–Kier alpha value is -4.32. The van der Waals surface area contributed by atoms with Crippen LogP contribution < -0.4 is 19.7 Å². The van der Waals surface area contributed by atoms with Crippen molar-refractivity contribution in [3.8, 4) is 17.2 Å². The summed E-state index contributed by atoms with van der Waals surface area (Å²) in [6.45, 7) is 8.65. The number of carbonyl (C=O) groups excluding carboxylic acids is 2. The molecule has 0 radical (unpaired) electrons. The van der Waals surface area contributed by atoms with Gasteiger partial charge < -0.3 is 29.5 Å². The lowest BCUT2D eigenvalue weighted by molar-refractivity contribution is -0.128. The Morgan fingerprint density at radius 1 is 1.13 bits per heavy atom. The number of hydrogen-bond donors (Lipinski definition) is 1. The van der Waals surface area contributed by atoms with Gasteiger partial charge in [-0.1, -0.05) is 0 Å². The summed E-state index contributed by atoms with van der Waals surface area (Å²) in [7, 11) is 3.57. The smallest absolute Gasteiger partial charge is 0.257 e. The summed E-state index contributed by atoms with van der Waals surface area (Å²) in [6.07, 6.45) is 8.80. The van der Waals surface area contributed by atoms with Gasteiger partial charge in [0.25, 0.3) is 5.91 Å². The molecule has 1 aromatic carbocycles. The van der Waals surface area contributed by atoms with Gasteiger partial charge in [-0.2, -0.15) is 0 Å². The molecule has 6 rings (SSSR count). The van der Waals surface area contributed by atoms with Crippen molar-refractivity contribution in [1.29, 1.82) is 0 Å². The first-order chi connectivity index (χ1) is 22.6. The molecule has 250 valence electrons. The second kappa shape index (κ2) is 13.4. The van der Waals surface area contributed by atoms with E-state index in [1.54, 1.807) is 30.1 Å². The molecule has 1 N–H and O–H groups in total. The summed E-state index contributed by atoms with van der Waals surface area (Å²) in [5.41, 5.74) is 2.40. The predicted octanol–water partition coefficient (Wildman–Crippen LogP) is 4.78. The molecule has 2 aliphatic heterocycles. The molecule has 3 aliphatic rings. The zero-order chi connectivity index (χ0) is 33.3. The molecule has 4 heterocycles. The van der Waals surface area contributed by atoms with Gasteiger partial charge in [0.15, 0.2) is 11.6 Å². The molecule has 1 unspecified atom stereocenters. The van der Waals surface area contributed by atoms with Gasteiger partial charge in [0.05, 0.1) is 17.5 Å².